The number of para-hydroxylation sites is 1. The average Bonchev–Trinajstić information content (AvgIpc) is 3.12. The Balaban J connectivity index is 1.58. The van der Waals surface area contributed by atoms with Crippen molar-refractivity contribution in [2.75, 3.05) is 0 Å². The summed E-state index contributed by atoms with van der Waals surface area (Å²) in [5, 5.41) is 10.6. The molecule has 0 fully saturated rings. The quantitative estimate of drug-likeness (QED) is 0.756. The maximum absolute atomic E-state index is 11.9. The fraction of sp³-hybridized carbons (Fsp3) is 0.250. The summed E-state index contributed by atoms with van der Waals surface area (Å²) in [5.74, 6) is 0.823. The summed E-state index contributed by atoms with van der Waals surface area (Å²) < 4.78 is 5.77. The van der Waals surface area contributed by atoms with Crippen molar-refractivity contribution < 1.29 is 9.21 Å². The molecule has 0 saturated carbocycles. The van der Waals surface area contributed by atoms with Crippen LogP contribution in [-0.4, -0.2) is 16.1 Å². The van der Waals surface area contributed by atoms with Gasteiger partial charge in [0.25, 0.3) is 0 Å². The molecule has 0 spiro atoms. The zero-order valence-corrected chi connectivity index (χ0v) is 11.8. The first-order chi connectivity index (χ1) is 10.2. The number of nitrogens with one attached hydrogen (secondary N) is 2. The molecule has 2 N–H and O–H groups in total. The van der Waals surface area contributed by atoms with Crippen molar-refractivity contribution >= 4 is 16.9 Å². The third-order valence-corrected chi connectivity index (χ3v) is 3.58. The lowest BCUT2D eigenvalue weighted by molar-refractivity contribution is -0.121. The molecule has 5 nitrogen and oxygen atoms in total. The predicted molar refractivity (Wildman–Crippen MR) is 79.7 cm³/mol. The number of nitrogens with zero attached hydrogens (tertiary/aromatic N) is 1. The first-order valence-corrected chi connectivity index (χ1v) is 6.95. The van der Waals surface area contributed by atoms with Gasteiger partial charge in [0, 0.05) is 23.6 Å². The van der Waals surface area contributed by atoms with E-state index in [1.807, 2.05) is 31.2 Å². The lowest BCUT2D eigenvalue weighted by atomic mass is 10.1. The van der Waals surface area contributed by atoms with E-state index in [0.717, 1.165) is 27.9 Å². The summed E-state index contributed by atoms with van der Waals surface area (Å²) >= 11 is 0. The Kier molecular flexibility index (Phi) is 3.73. The van der Waals surface area contributed by atoms with E-state index >= 15 is 0 Å². The van der Waals surface area contributed by atoms with Crippen molar-refractivity contribution in [2.45, 2.75) is 26.3 Å². The van der Waals surface area contributed by atoms with Crippen molar-refractivity contribution in [1.29, 1.82) is 0 Å². The Labute approximate surface area is 122 Å². The molecule has 0 unspecified atom stereocenters. The molecule has 2 heterocycles. The van der Waals surface area contributed by atoms with Gasteiger partial charge in [-0.1, -0.05) is 18.2 Å². The predicted octanol–water partition coefficient (Wildman–Crippen LogP) is 2.71. The average molecular weight is 283 g/mol. The van der Waals surface area contributed by atoms with Gasteiger partial charge in [0.2, 0.25) is 5.91 Å². The molecule has 1 amide bonds. The summed E-state index contributed by atoms with van der Waals surface area (Å²) in [6, 6.07) is 7.89. The topological polar surface area (TPSA) is 70.9 Å². The van der Waals surface area contributed by atoms with E-state index in [2.05, 4.69) is 15.5 Å². The first-order valence-electron chi connectivity index (χ1n) is 6.95. The number of furan rings is 1. The number of fused-ring (bicyclic) bond motifs is 1. The Morgan fingerprint density at radius 3 is 3.00 bits per heavy atom. The molecule has 0 radical (unpaired) electrons. The number of amides is 1. The highest BCUT2D eigenvalue weighted by atomic mass is 16.3. The molecule has 1 aromatic carbocycles. The van der Waals surface area contributed by atoms with Gasteiger partial charge in [-0.05, 0) is 25.0 Å². The van der Waals surface area contributed by atoms with Gasteiger partial charge >= 0.3 is 0 Å². The van der Waals surface area contributed by atoms with Crippen LogP contribution in [0.15, 0.2) is 41.1 Å². The molecule has 3 aromatic rings. The van der Waals surface area contributed by atoms with Gasteiger partial charge in [0.05, 0.1) is 12.7 Å². The molecule has 0 bridgehead atoms. The fourth-order valence-electron chi connectivity index (χ4n) is 2.33. The summed E-state index contributed by atoms with van der Waals surface area (Å²) in [4.78, 5) is 11.9. The summed E-state index contributed by atoms with van der Waals surface area (Å²) in [5.41, 5.74) is 2.98. The van der Waals surface area contributed by atoms with E-state index in [1.165, 1.54) is 0 Å². The van der Waals surface area contributed by atoms with Crippen molar-refractivity contribution in [2.24, 2.45) is 0 Å². The second kappa shape index (κ2) is 5.83. The van der Waals surface area contributed by atoms with Crippen LogP contribution in [0.5, 0.6) is 0 Å². The molecular weight excluding hydrogens is 266 g/mol. The zero-order chi connectivity index (χ0) is 14.7. The largest absolute Gasteiger partial charge is 0.459 e. The molecule has 0 aliphatic heterocycles. The highest BCUT2D eigenvalue weighted by Crippen LogP contribution is 2.24. The van der Waals surface area contributed by atoms with Crippen LogP contribution in [0.1, 0.15) is 23.3 Å². The number of rotatable bonds is 5. The smallest absolute Gasteiger partial charge is 0.220 e. The number of H-pyrrole nitrogens is 1. The minimum atomic E-state index is 0.0102. The molecule has 21 heavy (non-hydrogen) atoms. The van der Waals surface area contributed by atoms with E-state index in [-0.39, 0.29) is 5.91 Å². The molecule has 0 aliphatic rings. The Bertz CT molecular complexity index is 744. The van der Waals surface area contributed by atoms with Crippen LogP contribution in [0, 0.1) is 6.92 Å². The van der Waals surface area contributed by atoms with Gasteiger partial charge in [-0.3, -0.25) is 9.89 Å². The van der Waals surface area contributed by atoms with Crippen molar-refractivity contribution in [3.63, 3.8) is 0 Å². The lowest BCUT2D eigenvalue weighted by Gasteiger charge is -2.03. The van der Waals surface area contributed by atoms with Crippen molar-refractivity contribution in [3.05, 3.63) is 53.5 Å². The number of hydrogen-bond donors (Lipinski definition) is 2. The van der Waals surface area contributed by atoms with Gasteiger partial charge in [0.1, 0.15) is 11.3 Å². The Hall–Kier alpha value is -2.56. The molecule has 5 heteroatoms. The molecule has 3 rings (SSSR count). The maximum Gasteiger partial charge on any atom is 0.220 e. The van der Waals surface area contributed by atoms with Gasteiger partial charge in [-0.25, -0.2) is 0 Å². The zero-order valence-electron chi connectivity index (χ0n) is 11.8. The van der Waals surface area contributed by atoms with Crippen molar-refractivity contribution in [1.82, 2.24) is 15.5 Å². The monoisotopic (exact) mass is 283 g/mol. The second-order valence-corrected chi connectivity index (χ2v) is 5.03. The number of hydrogen-bond acceptors (Lipinski definition) is 3. The highest BCUT2D eigenvalue weighted by molar-refractivity contribution is 5.82. The van der Waals surface area contributed by atoms with Crippen LogP contribution in [0.2, 0.25) is 0 Å². The van der Waals surface area contributed by atoms with Gasteiger partial charge in [0.15, 0.2) is 0 Å². The SMILES string of the molecule is Cc1c(CNC(=O)CCc2cn[nH]c2)oc2ccccc12. The molecule has 0 atom stereocenters. The number of aromatic amines is 1. The fourth-order valence-corrected chi connectivity index (χ4v) is 2.33. The summed E-state index contributed by atoms with van der Waals surface area (Å²) in [6.07, 6.45) is 4.66. The third-order valence-electron chi connectivity index (χ3n) is 3.58. The number of benzene rings is 1. The lowest BCUT2D eigenvalue weighted by Crippen LogP contribution is -2.23. The molecule has 2 aromatic heterocycles. The van der Waals surface area contributed by atoms with Crippen LogP contribution >= 0.6 is 0 Å². The van der Waals surface area contributed by atoms with E-state index < -0.39 is 0 Å². The van der Waals surface area contributed by atoms with Crippen molar-refractivity contribution in [3.8, 4) is 0 Å². The van der Waals surface area contributed by atoms with Crippen LogP contribution in [0.25, 0.3) is 11.0 Å². The molecule has 0 saturated heterocycles. The van der Waals surface area contributed by atoms with E-state index in [1.54, 1.807) is 12.4 Å². The van der Waals surface area contributed by atoms with Gasteiger partial charge in [-0.2, -0.15) is 5.10 Å². The highest BCUT2D eigenvalue weighted by Gasteiger charge is 2.11. The number of carbonyl (C=O) groups is 1. The Morgan fingerprint density at radius 1 is 1.38 bits per heavy atom. The summed E-state index contributed by atoms with van der Waals surface area (Å²) in [7, 11) is 0. The number of aromatic nitrogens is 2. The third kappa shape index (κ3) is 2.97. The van der Waals surface area contributed by atoms with Crippen LogP contribution in [0.3, 0.4) is 0 Å². The Morgan fingerprint density at radius 2 is 2.24 bits per heavy atom. The van der Waals surface area contributed by atoms with Gasteiger partial charge in [-0.15, -0.1) is 0 Å². The van der Waals surface area contributed by atoms with Crippen LogP contribution in [-0.2, 0) is 17.8 Å². The second-order valence-electron chi connectivity index (χ2n) is 5.03. The minimum Gasteiger partial charge on any atom is -0.459 e. The van der Waals surface area contributed by atoms with Crippen LogP contribution in [0.4, 0.5) is 0 Å². The molecular formula is C16H17N3O2. The van der Waals surface area contributed by atoms with E-state index in [0.29, 0.717) is 19.4 Å². The maximum atomic E-state index is 11.9. The standard InChI is InChI=1S/C16H17N3O2/c1-11-13-4-2-3-5-14(13)21-15(11)10-17-16(20)7-6-12-8-18-19-9-12/h2-5,8-9H,6-7,10H2,1H3,(H,17,20)(H,18,19). The normalized spacial score (nSPS) is 10.9. The van der Waals surface area contributed by atoms with E-state index in [9.17, 15) is 4.79 Å². The molecule has 0 aliphatic carbocycles. The summed E-state index contributed by atoms with van der Waals surface area (Å²) in [6.45, 7) is 2.43. The first kappa shape index (κ1) is 13.4. The number of carbonyl (C=O) groups excluding carboxylic acids is 1. The minimum absolute atomic E-state index is 0.0102. The number of aryl methyl sites for hydroxylation is 2. The van der Waals surface area contributed by atoms with Crippen LogP contribution < -0.4 is 5.32 Å². The molecule has 108 valence electrons. The van der Waals surface area contributed by atoms with E-state index in [4.69, 9.17) is 4.42 Å². The van der Waals surface area contributed by atoms with Gasteiger partial charge < -0.3 is 9.73 Å².